The summed E-state index contributed by atoms with van der Waals surface area (Å²) in [7, 11) is 1.64. The van der Waals surface area contributed by atoms with Crippen LogP contribution in [0.25, 0.3) is 0 Å². The lowest BCUT2D eigenvalue weighted by atomic mass is 10.1. The van der Waals surface area contributed by atoms with Gasteiger partial charge in [-0.1, -0.05) is 18.2 Å². The maximum absolute atomic E-state index is 6.15. The quantitative estimate of drug-likeness (QED) is 0.850. The summed E-state index contributed by atoms with van der Waals surface area (Å²) < 4.78 is 16.4. The van der Waals surface area contributed by atoms with Crippen LogP contribution in [0.4, 0.5) is 0 Å². The molecule has 1 atom stereocenters. The molecule has 2 rings (SSSR count). The van der Waals surface area contributed by atoms with Crippen LogP contribution in [-0.4, -0.2) is 20.3 Å². The molecule has 0 saturated carbocycles. The molecule has 4 heteroatoms. The minimum Gasteiger partial charge on any atom is -0.497 e. The van der Waals surface area contributed by atoms with Crippen LogP contribution in [0.3, 0.4) is 0 Å². The van der Waals surface area contributed by atoms with E-state index in [1.54, 1.807) is 7.11 Å². The van der Waals surface area contributed by atoms with Gasteiger partial charge in [0.25, 0.3) is 0 Å². The van der Waals surface area contributed by atoms with Gasteiger partial charge in [0, 0.05) is 6.07 Å². The fraction of sp³-hybridized carbons (Fsp3) is 0.294. The minimum atomic E-state index is -0.212. The van der Waals surface area contributed by atoms with Crippen LogP contribution in [0.5, 0.6) is 17.2 Å². The van der Waals surface area contributed by atoms with Crippen LogP contribution in [0.2, 0.25) is 0 Å². The van der Waals surface area contributed by atoms with E-state index < -0.39 is 0 Å². The summed E-state index contributed by atoms with van der Waals surface area (Å²) in [6, 6.07) is 15.0. The summed E-state index contributed by atoms with van der Waals surface area (Å²) in [5.41, 5.74) is 7.13. The Morgan fingerprint density at radius 2 is 1.62 bits per heavy atom. The van der Waals surface area contributed by atoms with Crippen LogP contribution < -0.4 is 19.9 Å². The van der Waals surface area contributed by atoms with E-state index in [4.69, 9.17) is 19.9 Å². The van der Waals surface area contributed by atoms with Crippen molar-refractivity contribution in [2.45, 2.75) is 13.0 Å². The maximum atomic E-state index is 6.15. The van der Waals surface area contributed by atoms with Crippen molar-refractivity contribution < 1.29 is 14.2 Å². The number of nitrogens with two attached hydrogens (primary N) is 1. The number of ether oxygens (including phenoxy) is 3. The second-order valence-electron chi connectivity index (χ2n) is 4.60. The van der Waals surface area contributed by atoms with E-state index >= 15 is 0 Å². The number of rotatable bonds is 7. The second kappa shape index (κ2) is 7.55. The average molecular weight is 287 g/mol. The van der Waals surface area contributed by atoms with Gasteiger partial charge in [-0.15, -0.1) is 0 Å². The topological polar surface area (TPSA) is 53.7 Å². The van der Waals surface area contributed by atoms with Crippen LogP contribution in [0.1, 0.15) is 18.5 Å². The van der Waals surface area contributed by atoms with Gasteiger partial charge in [-0.05, 0) is 36.8 Å². The number of hydrogen-bond donors (Lipinski definition) is 1. The molecule has 0 saturated heterocycles. The predicted molar refractivity (Wildman–Crippen MR) is 83.0 cm³/mol. The monoisotopic (exact) mass is 287 g/mol. The number of benzene rings is 2. The summed E-state index contributed by atoms with van der Waals surface area (Å²) in [6.07, 6.45) is 0. The van der Waals surface area contributed by atoms with E-state index in [-0.39, 0.29) is 6.04 Å². The van der Waals surface area contributed by atoms with E-state index in [9.17, 15) is 0 Å². The van der Waals surface area contributed by atoms with Crippen molar-refractivity contribution in [3.63, 3.8) is 0 Å². The molecule has 4 nitrogen and oxygen atoms in total. The van der Waals surface area contributed by atoms with Crippen molar-refractivity contribution >= 4 is 0 Å². The molecule has 0 spiro atoms. The number of hydrogen-bond acceptors (Lipinski definition) is 4. The third-order valence-corrected chi connectivity index (χ3v) is 3.07. The third-order valence-electron chi connectivity index (χ3n) is 3.07. The summed E-state index contributed by atoms with van der Waals surface area (Å²) in [6.45, 7) is 2.97. The standard InChI is InChI=1S/C17H21NO3/c1-3-20-15-8-5-9-16(11-15)21-12-17(18)13-6-4-7-14(10-13)19-2/h4-11,17H,3,12,18H2,1-2H3. The lowest BCUT2D eigenvalue weighted by Gasteiger charge is -2.15. The lowest BCUT2D eigenvalue weighted by Crippen LogP contribution is -2.19. The van der Waals surface area contributed by atoms with Gasteiger partial charge in [-0.25, -0.2) is 0 Å². The molecule has 0 heterocycles. The molecule has 0 aliphatic heterocycles. The molecule has 0 amide bonds. The van der Waals surface area contributed by atoms with Crippen molar-refractivity contribution in [2.24, 2.45) is 5.73 Å². The highest BCUT2D eigenvalue weighted by Crippen LogP contribution is 2.22. The fourth-order valence-corrected chi connectivity index (χ4v) is 1.97. The first-order chi connectivity index (χ1) is 10.2. The summed E-state index contributed by atoms with van der Waals surface area (Å²) >= 11 is 0. The van der Waals surface area contributed by atoms with Crippen LogP contribution in [-0.2, 0) is 0 Å². The Bertz CT molecular complexity index is 571. The first-order valence-corrected chi connectivity index (χ1v) is 6.98. The zero-order valence-electron chi connectivity index (χ0n) is 12.4. The molecular weight excluding hydrogens is 266 g/mol. The Morgan fingerprint density at radius 1 is 0.952 bits per heavy atom. The summed E-state index contributed by atoms with van der Waals surface area (Å²) in [5.74, 6) is 2.34. The van der Waals surface area contributed by atoms with Crippen molar-refractivity contribution in [3.05, 3.63) is 54.1 Å². The van der Waals surface area contributed by atoms with Gasteiger partial charge in [-0.2, -0.15) is 0 Å². The highest BCUT2D eigenvalue weighted by Gasteiger charge is 2.08. The Balaban J connectivity index is 1.96. The molecule has 21 heavy (non-hydrogen) atoms. The molecule has 2 aromatic carbocycles. The van der Waals surface area contributed by atoms with Crippen molar-refractivity contribution in [2.75, 3.05) is 20.3 Å². The van der Waals surface area contributed by atoms with E-state index in [2.05, 4.69) is 0 Å². The average Bonchev–Trinajstić information content (AvgIpc) is 2.53. The fourth-order valence-electron chi connectivity index (χ4n) is 1.97. The van der Waals surface area contributed by atoms with E-state index in [0.717, 1.165) is 22.8 Å². The Kier molecular flexibility index (Phi) is 5.46. The van der Waals surface area contributed by atoms with Crippen molar-refractivity contribution in [3.8, 4) is 17.2 Å². The van der Waals surface area contributed by atoms with E-state index in [0.29, 0.717) is 13.2 Å². The maximum Gasteiger partial charge on any atom is 0.123 e. The van der Waals surface area contributed by atoms with Gasteiger partial charge >= 0.3 is 0 Å². The van der Waals surface area contributed by atoms with E-state index in [1.807, 2.05) is 55.5 Å². The van der Waals surface area contributed by atoms with Gasteiger partial charge in [-0.3, -0.25) is 0 Å². The third kappa shape index (κ3) is 4.39. The molecule has 2 aromatic rings. The highest BCUT2D eigenvalue weighted by molar-refractivity contribution is 5.33. The normalized spacial score (nSPS) is 11.8. The Hall–Kier alpha value is -2.20. The molecule has 112 valence electrons. The lowest BCUT2D eigenvalue weighted by molar-refractivity contribution is 0.286. The van der Waals surface area contributed by atoms with Crippen LogP contribution in [0, 0.1) is 0 Å². The number of methoxy groups -OCH3 is 1. The summed E-state index contributed by atoms with van der Waals surface area (Å²) in [5, 5.41) is 0. The second-order valence-corrected chi connectivity index (χ2v) is 4.60. The summed E-state index contributed by atoms with van der Waals surface area (Å²) in [4.78, 5) is 0. The van der Waals surface area contributed by atoms with Gasteiger partial charge in [0.15, 0.2) is 0 Å². The van der Waals surface area contributed by atoms with Crippen molar-refractivity contribution in [1.82, 2.24) is 0 Å². The molecule has 2 N–H and O–H groups in total. The largest absolute Gasteiger partial charge is 0.497 e. The zero-order chi connectivity index (χ0) is 15.1. The van der Waals surface area contributed by atoms with Gasteiger partial charge in [0.2, 0.25) is 0 Å². The molecule has 0 aliphatic rings. The zero-order valence-corrected chi connectivity index (χ0v) is 12.4. The minimum absolute atomic E-state index is 0.212. The smallest absolute Gasteiger partial charge is 0.123 e. The Morgan fingerprint density at radius 3 is 2.33 bits per heavy atom. The Labute approximate surface area is 125 Å². The SMILES string of the molecule is CCOc1cccc(OCC(N)c2cccc(OC)c2)c1. The molecule has 0 fully saturated rings. The molecule has 0 aromatic heterocycles. The van der Waals surface area contributed by atoms with Crippen LogP contribution in [0.15, 0.2) is 48.5 Å². The molecule has 0 bridgehead atoms. The van der Waals surface area contributed by atoms with Crippen molar-refractivity contribution in [1.29, 1.82) is 0 Å². The van der Waals surface area contributed by atoms with Gasteiger partial charge in [0.05, 0.1) is 19.8 Å². The van der Waals surface area contributed by atoms with Crippen LogP contribution >= 0.6 is 0 Å². The van der Waals surface area contributed by atoms with Gasteiger partial charge in [0.1, 0.15) is 23.9 Å². The molecular formula is C17H21NO3. The molecule has 0 aliphatic carbocycles. The molecule has 0 radical (unpaired) electrons. The molecule has 1 unspecified atom stereocenters. The first-order valence-electron chi connectivity index (χ1n) is 6.98. The van der Waals surface area contributed by atoms with Gasteiger partial charge < -0.3 is 19.9 Å². The van der Waals surface area contributed by atoms with E-state index in [1.165, 1.54) is 0 Å². The first kappa shape index (κ1) is 15.2. The predicted octanol–water partition coefficient (Wildman–Crippen LogP) is 3.17. The highest BCUT2D eigenvalue weighted by atomic mass is 16.5.